The quantitative estimate of drug-likeness (QED) is 0.879. The number of hydrogen-bond acceptors (Lipinski definition) is 3. The third-order valence-corrected chi connectivity index (χ3v) is 4.77. The monoisotopic (exact) mass is 240 g/mol. The lowest BCUT2D eigenvalue weighted by atomic mass is 9.87. The lowest BCUT2D eigenvalue weighted by Crippen LogP contribution is -2.21. The third-order valence-electron chi connectivity index (χ3n) is 2.82. The molecule has 0 amide bonds. The first-order valence-corrected chi connectivity index (χ1v) is 6.68. The molecule has 0 bridgehead atoms. The van der Waals surface area contributed by atoms with Gasteiger partial charge in [-0.2, -0.15) is 0 Å². The van der Waals surface area contributed by atoms with Gasteiger partial charge in [0.25, 0.3) is 0 Å². The molecule has 0 saturated heterocycles. The minimum absolute atomic E-state index is 0.145. The Kier molecular flexibility index (Phi) is 3.80. The Balaban J connectivity index is 3.12. The Morgan fingerprint density at radius 2 is 1.75 bits per heavy atom. The second-order valence-corrected chi connectivity index (χ2v) is 7.11. The summed E-state index contributed by atoms with van der Waals surface area (Å²) in [6, 6.07) is 0. The van der Waals surface area contributed by atoms with Gasteiger partial charge in [-0.15, -0.1) is 11.3 Å². The summed E-state index contributed by atoms with van der Waals surface area (Å²) in [7, 11) is 0. The molecule has 0 fully saturated rings. The molecule has 2 nitrogen and oxygen atoms in total. The van der Waals surface area contributed by atoms with Gasteiger partial charge >= 0.3 is 0 Å². The average molecular weight is 240 g/mol. The average Bonchev–Trinajstić information content (AvgIpc) is 2.46. The van der Waals surface area contributed by atoms with Crippen LogP contribution in [0.5, 0.6) is 0 Å². The summed E-state index contributed by atoms with van der Waals surface area (Å²) < 4.78 is 0. The fraction of sp³-hybridized carbons (Fsp3) is 0.769. The van der Waals surface area contributed by atoms with Crippen molar-refractivity contribution < 1.29 is 0 Å². The van der Waals surface area contributed by atoms with Gasteiger partial charge in [0, 0.05) is 15.7 Å². The van der Waals surface area contributed by atoms with E-state index in [0.717, 1.165) is 13.0 Å². The van der Waals surface area contributed by atoms with Crippen LogP contribution in [-0.2, 0) is 10.8 Å². The number of hydrogen-bond donors (Lipinski definition) is 1. The molecular formula is C13H24N2S. The number of thiazole rings is 1. The molecule has 0 aromatic carbocycles. The second-order valence-electron chi connectivity index (χ2n) is 6.11. The number of rotatable bonds is 3. The van der Waals surface area contributed by atoms with E-state index in [1.54, 1.807) is 0 Å². The van der Waals surface area contributed by atoms with Crippen LogP contribution >= 0.6 is 11.3 Å². The fourth-order valence-electron chi connectivity index (χ4n) is 1.82. The zero-order chi connectivity index (χ0) is 12.6. The van der Waals surface area contributed by atoms with Gasteiger partial charge in [-0.1, -0.05) is 34.6 Å². The Morgan fingerprint density at radius 3 is 2.12 bits per heavy atom. The van der Waals surface area contributed by atoms with Crippen LogP contribution in [-0.4, -0.2) is 11.5 Å². The van der Waals surface area contributed by atoms with Crippen molar-refractivity contribution in [3.8, 4) is 0 Å². The third kappa shape index (κ3) is 2.83. The van der Waals surface area contributed by atoms with E-state index in [4.69, 9.17) is 10.7 Å². The topological polar surface area (TPSA) is 38.9 Å². The molecule has 1 aromatic heterocycles. The lowest BCUT2D eigenvalue weighted by molar-refractivity contribution is 0.494. The van der Waals surface area contributed by atoms with E-state index in [9.17, 15) is 0 Å². The van der Waals surface area contributed by atoms with E-state index >= 15 is 0 Å². The standard InChI is InChI=1S/C13H24N2S/c1-9-10(13(5,6)7-8-14)16-11(15-9)12(2,3)4/h7-8,14H2,1-6H3. The Labute approximate surface area is 103 Å². The van der Waals surface area contributed by atoms with Gasteiger partial charge in [0.1, 0.15) is 0 Å². The molecule has 3 heteroatoms. The van der Waals surface area contributed by atoms with Crippen LogP contribution in [0.3, 0.4) is 0 Å². The minimum Gasteiger partial charge on any atom is -0.330 e. The highest BCUT2D eigenvalue weighted by atomic mass is 32.1. The molecule has 0 aliphatic rings. The molecular weight excluding hydrogens is 216 g/mol. The van der Waals surface area contributed by atoms with E-state index in [2.05, 4.69) is 41.5 Å². The molecule has 2 N–H and O–H groups in total. The maximum absolute atomic E-state index is 5.68. The smallest absolute Gasteiger partial charge is 0.0984 e. The van der Waals surface area contributed by atoms with Gasteiger partial charge in [-0.05, 0) is 19.9 Å². The van der Waals surface area contributed by atoms with Crippen LogP contribution in [0.15, 0.2) is 0 Å². The van der Waals surface area contributed by atoms with Crippen LogP contribution in [0, 0.1) is 6.92 Å². The summed E-state index contributed by atoms with van der Waals surface area (Å²) in [5, 5.41) is 1.23. The first-order chi connectivity index (χ1) is 7.18. The zero-order valence-electron chi connectivity index (χ0n) is 11.3. The maximum Gasteiger partial charge on any atom is 0.0984 e. The van der Waals surface area contributed by atoms with Crippen LogP contribution in [0.2, 0.25) is 0 Å². The Bertz CT molecular complexity index is 358. The van der Waals surface area contributed by atoms with E-state index < -0.39 is 0 Å². The van der Waals surface area contributed by atoms with Crippen molar-refractivity contribution in [3.63, 3.8) is 0 Å². The van der Waals surface area contributed by atoms with Gasteiger partial charge in [-0.3, -0.25) is 0 Å². The van der Waals surface area contributed by atoms with Crippen molar-refractivity contribution in [2.24, 2.45) is 5.73 Å². The molecule has 0 aliphatic carbocycles. The van der Waals surface area contributed by atoms with Crippen LogP contribution in [0.25, 0.3) is 0 Å². The molecule has 0 aliphatic heterocycles. The largest absolute Gasteiger partial charge is 0.330 e. The van der Waals surface area contributed by atoms with Gasteiger partial charge in [0.15, 0.2) is 0 Å². The summed E-state index contributed by atoms with van der Waals surface area (Å²) in [5.41, 5.74) is 7.15. The van der Waals surface area contributed by atoms with Gasteiger partial charge < -0.3 is 5.73 Å². The van der Waals surface area contributed by atoms with Crippen LogP contribution in [0.4, 0.5) is 0 Å². The zero-order valence-corrected chi connectivity index (χ0v) is 12.2. The summed E-state index contributed by atoms with van der Waals surface area (Å²) >= 11 is 1.85. The maximum atomic E-state index is 5.68. The minimum atomic E-state index is 0.145. The molecule has 1 rings (SSSR count). The van der Waals surface area contributed by atoms with Crippen LogP contribution < -0.4 is 5.73 Å². The first-order valence-electron chi connectivity index (χ1n) is 5.87. The predicted molar refractivity (Wildman–Crippen MR) is 72.2 cm³/mol. The highest BCUT2D eigenvalue weighted by molar-refractivity contribution is 7.12. The van der Waals surface area contributed by atoms with Crippen molar-refractivity contribution in [3.05, 3.63) is 15.6 Å². The van der Waals surface area contributed by atoms with E-state index in [1.165, 1.54) is 15.6 Å². The summed E-state index contributed by atoms with van der Waals surface area (Å²) in [6.07, 6.45) is 1.01. The molecule has 0 unspecified atom stereocenters. The van der Waals surface area contributed by atoms with Crippen LogP contribution in [0.1, 0.15) is 56.6 Å². The Morgan fingerprint density at radius 1 is 1.19 bits per heavy atom. The number of nitrogens with zero attached hydrogens (tertiary/aromatic N) is 1. The predicted octanol–water partition coefficient (Wildman–Crippen LogP) is 3.38. The van der Waals surface area contributed by atoms with Crippen molar-refractivity contribution in [1.29, 1.82) is 0 Å². The summed E-state index contributed by atoms with van der Waals surface area (Å²) in [5.74, 6) is 0. The summed E-state index contributed by atoms with van der Waals surface area (Å²) in [6.45, 7) is 14.0. The van der Waals surface area contributed by atoms with Crippen molar-refractivity contribution >= 4 is 11.3 Å². The highest BCUT2D eigenvalue weighted by Gasteiger charge is 2.28. The SMILES string of the molecule is Cc1nc(C(C)(C)C)sc1C(C)(C)CCN. The van der Waals surface area contributed by atoms with E-state index in [-0.39, 0.29) is 10.8 Å². The molecule has 16 heavy (non-hydrogen) atoms. The highest BCUT2D eigenvalue weighted by Crippen LogP contribution is 2.37. The van der Waals surface area contributed by atoms with E-state index in [0.29, 0.717) is 0 Å². The van der Waals surface area contributed by atoms with Crippen molar-refractivity contribution in [1.82, 2.24) is 4.98 Å². The Hall–Kier alpha value is -0.410. The number of aromatic nitrogens is 1. The normalized spacial score (nSPS) is 13.2. The summed E-state index contributed by atoms with van der Waals surface area (Å²) in [4.78, 5) is 6.10. The molecule has 1 heterocycles. The first kappa shape index (κ1) is 13.7. The number of aryl methyl sites for hydroxylation is 1. The van der Waals surface area contributed by atoms with Gasteiger partial charge in [0.2, 0.25) is 0 Å². The molecule has 0 saturated carbocycles. The second kappa shape index (κ2) is 4.46. The molecule has 0 radical (unpaired) electrons. The van der Waals surface area contributed by atoms with Gasteiger partial charge in [-0.25, -0.2) is 4.98 Å². The number of nitrogens with two attached hydrogens (primary N) is 1. The van der Waals surface area contributed by atoms with Crippen molar-refractivity contribution in [2.75, 3.05) is 6.54 Å². The lowest BCUT2D eigenvalue weighted by Gasteiger charge is -2.23. The molecule has 92 valence electrons. The van der Waals surface area contributed by atoms with E-state index in [1.807, 2.05) is 11.3 Å². The molecule has 0 spiro atoms. The van der Waals surface area contributed by atoms with Gasteiger partial charge in [0.05, 0.1) is 10.7 Å². The van der Waals surface area contributed by atoms with Crippen molar-refractivity contribution in [2.45, 2.75) is 58.8 Å². The fourth-order valence-corrected chi connectivity index (χ4v) is 3.07. The molecule has 1 aromatic rings. The molecule has 0 atom stereocenters.